The van der Waals surface area contributed by atoms with Crippen molar-refractivity contribution in [1.29, 1.82) is 0 Å². The molecule has 0 fully saturated rings. The first-order valence-electron chi connectivity index (χ1n) is 19.3. The van der Waals surface area contributed by atoms with Crippen molar-refractivity contribution in [3.8, 4) is 34.2 Å². The van der Waals surface area contributed by atoms with E-state index in [1.54, 1.807) is 18.5 Å². The van der Waals surface area contributed by atoms with Crippen LogP contribution in [-0.4, -0.2) is 30.3 Å². The molecule has 0 spiro atoms. The fourth-order valence-electron chi connectivity index (χ4n) is 8.42. The molecule has 0 saturated carbocycles. The number of nitrogens with zero attached hydrogens (tertiary/aromatic N) is 6. The number of hydrogen-bond donors (Lipinski definition) is 0. The number of benzene rings is 6. The molecule has 0 amide bonds. The van der Waals surface area contributed by atoms with Crippen LogP contribution in [0.1, 0.15) is 12.6 Å². The molecule has 7 heteroatoms. The number of aliphatic imine (C=N–C) groups is 1. The van der Waals surface area contributed by atoms with Crippen molar-refractivity contribution < 1.29 is 0 Å². The van der Waals surface area contributed by atoms with Gasteiger partial charge in [-0.1, -0.05) is 104 Å². The van der Waals surface area contributed by atoms with Gasteiger partial charge in [0.05, 0.1) is 55.2 Å². The normalized spacial score (nSPS) is 12.3. The SMILES string of the molecule is C=CC=NC(=CC)c1cc(-c2ccccn2)nc(-n2c3ccccc3c3cc(-c4ccc5c(c4)c4ccccc4n5-c4cccc5c4sc4ccccc45)ccc32)n1. The Kier molecular flexibility index (Phi) is 7.94. The summed E-state index contributed by atoms with van der Waals surface area (Å²) in [5, 5.41) is 7.29. The number of allylic oxidation sites excluding steroid dienone is 2. The van der Waals surface area contributed by atoms with E-state index in [-0.39, 0.29) is 0 Å². The van der Waals surface area contributed by atoms with Gasteiger partial charge in [-0.3, -0.25) is 14.5 Å². The molecule has 58 heavy (non-hydrogen) atoms. The molecule has 274 valence electrons. The highest BCUT2D eigenvalue weighted by atomic mass is 32.1. The molecule has 6 nitrogen and oxygen atoms in total. The molecule has 5 aromatic heterocycles. The van der Waals surface area contributed by atoms with Gasteiger partial charge in [-0.2, -0.15) is 0 Å². The maximum atomic E-state index is 5.13. The Balaban J connectivity index is 1.09. The topological polar surface area (TPSA) is 60.9 Å². The second-order valence-electron chi connectivity index (χ2n) is 14.3. The van der Waals surface area contributed by atoms with E-state index in [1.165, 1.54) is 47.7 Å². The minimum atomic E-state index is 0.549. The third kappa shape index (κ3) is 5.32. The minimum Gasteiger partial charge on any atom is -0.308 e. The fourth-order valence-corrected chi connectivity index (χ4v) is 9.63. The van der Waals surface area contributed by atoms with Crippen molar-refractivity contribution in [2.75, 3.05) is 0 Å². The van der Waals surface area contributed by atoms with Crippen LogP contribution in [0.2, 0.25) is 0 Å². The van der Waals surface area contributed by atoms with Gasteiger partial charge in [0.1, 0.15) is 0 Å². The summed E-state index contributed by atoms with van der Waals surface area (Å²) in [5.41, 5.74) is 10.8. The van der Waals surface area contributed by atoms with Crippen LogP contribution in [0.15, 0.2) is 182 Å². The van der Waals surface area contributed by atoms with Gasteiger partial charge >= 0.3 is 0 Å². The molecular weight excluding hydrogens is 729 g/mol. The standard InChI is InChI=1S/C51H34N6S/c1-3-27-52-40(4-2)42-31-43(41-18-11-12-28-53-41)55-51(54-42)57-45-20-9-6-15-35(45)39-30-33(24-26-47(39)57)32-23-25-46-38(29-32)34-14-5-8-19-44(34)56(46)48-21-13-17-37-36-16-7-10-22-49(36)58-50(37)48/h3-31H,1H2,2H3. The lowest BCUT2D eigenvalue weighted by Crippen LogP contribution is -2.05. The molecule has 11 rings (SSSR count). The Labute approximate surface area is 338 Å². The van der Waals surface area contributed by atoms with Gasteiger partial charge in [-0.25, -0.2) is 9.97 Å². The van der Waals surface area contributed by atoms with Crippen LogP contribution < -0.4 is 0 Å². The molecule has 0 unspecified atom stereocenters. The third-order valence-electron chi connectivity index (χ3n) is 11.0. The Bertz CT molecular complexity index is 3490. The maximum Gasteiger partial charge on any atom is 0.235 e. The van der Waals surface area contributed by atoms with E-state index < -0.39 is 0 Å². The molecule has 5 heterocycles. The second-order valence-corrected chi connectivity index (χ2v) is 15.3. The molecule has 11 aromatic rings. The Morgan fingerprint density at radius 1 is 0.586 bits per heavy atom. The third-order valence-corrected chi connectivity index (χ3v) is 12.2. The molecule has 0 aliphatic carbocycles. The highest BCUT2D eigenvalue weighted by Gasteiger charge is 2.20. The van der Waals surface area contributed by atoms with Crippen LogP contribution in [-0.2, 0) is 0 Å². The van der Waals surface area contributed by atoms with Gasteiger partial charge in [0.25, 0.3) is 0 Å². The molecule has 0 bridgehead atoms. The summed E-state index contributed by atoms with van der Waals surface area (Å²) >= 11 is 1.86. The van der Waals surface area contributed by atoms with Gasteiger partial charge in [0.15, 0.2) is 0 Å². The van der Waals surface area contributed by atoms with E-state index in [4.69, 9.17) is 9.97 Å². The zero-order valence-electron chi connectivity index (χ0n) is 31.5. The molecule has 6 aromatic carbocycles. The highest BCUT2D eigenvalue weighted by Crippen LogP contribution is 2.42. The van der Waals surface area contributed by atoms with Gasteiger partial charge in [-0.05, 0) is 84.8 Å². The summed E-state index contributed by atoms with van der Waals surface area (Å²) in [4.78, 5) is 19.5. The largest absolute Gasteiger partial charge is 0.308 e. The number of fused-ring (bicyclic) bond motifs is 9. The lowest BCUT2D eigenvalue weighted by atomic mass is 10.0. The van der Waals surface area contributed by atoms with Crippen LogP contribution >= 0.6 is 11.3 Å². The van der Waals surface area contributed by atoms with Crippen LogP contribution in [0.3, 0.4) is 0 Å². The number of aromatic nitrogens is 5. The predicted molar refractivity (Wildman–Crippen MR) is 245 cm³/mol. The first-order valence-corrected chi connectivity index (χ1v) is 20.1. The molecular formula is C51H34N6S. The first-order chi connectivity index (χ1) is 28.7. The van der Waals surface area contributed by atoms with Crippen molar-refractivity contribution >= 4 is 87.0 Å². The van der Waals surface area contributed by atoms with Crippen LogP contribution in [0.5, 0.6) is 0 Å². The van der Waals surface area contributed by atoms with E-state index >= 15 is 0 Å². The zero-order chi connectivity index (χ0) is 38.7. The van der Waals surface area contributed by atoms with E-state index in [0.717, 1.165) is 44.3 Å². The van der Waals surface area contributed by atoms with E-state index in [0.29, 0.717) is 17.3 Å². The summed E-state index contributed by atoms with van der Waals surface area (Å²) in [7, 11) is 0. The molecule has 0 aliphatic rings. The Hall–Kier alpha value is -7.48. The summed E-state index contributed by atoms with van der Waals surface area (Å²) in [6, 6.07) is 54.1. The fraction of sp³-hybridized carbons (Fsp3) is 0.0196. The average Bonchev–Trinajstić information content (AvgIpc) is 3.94. The number of hydrogen-bond acceptors (Lipinski definition) is 5. The van der Waals surface area contributed by atoms with Crippen LogP contribution in [0.4, 0.5) is 0 Å². The van der Waals surface area contributed by atoms with Crippen molar-refractivity contribution in [3.63, 3.8) is 0 Å². The lowest BCUT2D eigenvalue weighted by molar-refractivity contribution is 0.977. The number of thiophene rings is 1. The highest BCUT2D eigenvalue weighted by molar-refractivity contribution is 7.26. The molecule has 0 radical (unpaired) electrons. The van der Waals surface area contributed by atoms with E-state index in [1.807, 2.05) is 48.6 Å². The summed E-state index contributed by atoms with van der Waals surface area (Å²) in [5.74, 6) is 0.549. The van der Waals surface area contributed by atoms with Gasteiger partial charge in [0.2, 0.25) is 5.95 Å². The summed E-state index contributed by atoms with van der Waals surface area (Å²) in [6.07, 6.45) is 7.08. The monoisotopic (exact) mass is 762 g/mol. The maximum absolute atomic E-state index is 5.13. The summed E-state index contributed by atoms with van der Waals surface area (Å²) in [6.45, 7) is 5.77. The number of para-hydroxylation sites is 2. The van der Waals surface area contributed by atoms with Gasteiger partial charge in [0, 0.05) is 49.4 Å². The average molecular weight is 763 g/mol. The van der Waals surface area contributed by atoms with Crippen molar-refractivity contribution in [3.05, 3.63) is 182 Å². The Morgan fingerprint density at radius 2 is 1.22 bits per heavy atom. The Morgan fingerprint density at radius 3 is 1.93 bits per heavy atom. The van der Waals surface area contributed by atoms with Crippen molar-refractivity contribution in [2.45, 2.75) is 6.92 Å². The van der Waals surface area contributed by atoms with E-state index in [2.05, 4.69) is 153 Å². The van der Waals surface area contributed by atoms with Gasteiger partial charge < -0.3 is 4.57 Å². The molecule has 0 saturated heterocycles. The molecule has 0 atom stereocenters. The minimum absolute atomic E-state index is 0.549. The molecule has 0 N–H and O–H groups in total. The van der Waals surface area contributed by atoms with Crippen LogP contribution in [0, 0.1) is 0 Å². The second kappa shape index (κ2) is 13.6. The quantitative estimate of drug-likeness (QED) is 0.152. The number of pyridine rings is 1. The zero-order valence-corrected chi connectivity index (χ0v) is 32.4. The van der Waals surface area contributed by atoms with Gasteiger partial charge in [-0.15, -0.1) is 11.3 Å². The van der Waals surface area contributed by atoms with E-state index in [9.17, 15) is 0 Å². The smallest absolute Gasteiger partial charge is 0.235 e. The van der Waals surface area contributed by atoms with Crippen molar-refractivity contribution in [1.82, 2.24) is 24.1 Å². The lowest BCUT2D eigenvalue weighted by Gasteiger charge is -2.11. The molecule has 0 aliphatic heterocycles. The summed E-state index contributed by atoms with van der Waals surface area (Å²) < 4.78 is 7.20. The van der Waals surface area contributed by atoms with Crippen LogP contribution in [0.25, 0.3) is 104 Å². The number of rotatable bonds is 7. The first kappa shape index (κ1) is 33.8. The predicted octanol–water partition coefficient (Wildman–Crippen LogP) is 13.4. The van der Waals surface area contributed by atoms with Crippen molar-refractivity contribution in [2.24, 2.45) is 4.99 Å².